The van der Waals surface area contributed by atoms with Gasteiger partial charge in [0.05, 0.1) is 17.8 Å². The minimum absolute atomic E-state index is 0.0979. The van der Waals surface area contributed by atoms with Crippen molar-refractivity contribution in [1.82, 2.24) is 4.98 Å². The van der Waals surface area contributed by atoms with Crippen molar-refractivity contribution in [2.75, 3.05) is 17.2 Å². The molecular weight excluding hydrogens is 243 g/mol. The molecule has 0 saturated carbocycles. The fourth-order valence-electron chi connectivity index (χ4n) is 2.29. The monoisotopic (exact) mass is 258 g/mol. The van der Waals surface area contributed by atoms with Crippen molar-refractivity contribution in [3.8, 4) is 0 Å². The molecule has 4 N–H and O–H groups in total. The van der Waals surface area contributed by atoms with Gasteiger partial charge in [0.2, 0.25) is 0 Å². The number of pyridine rings is 1. The quantitative estimate of drug-likeness (QED) is 0.772. The molecule has 0 aliphatic carbocycles. The molecule has 98 valence electrons. The van der Waals surface area contributed by atoms with E-state index < -0.39 is 6.04 Å². The number of fused-ring (bicyclic) bond motifs is 1. The molecule has 0 fully saturated rings. The van der Waals surface area contributed by atoms with Gasteiger partial charge in [0.25, 0.3) is 0 Å². The minimum Gasteiger partial charge on any atom is -0.380 e. The zero-order chi connectivity index (χ0) is 13.2. The third-order valence-electron chi connectivity index (χ3n) is 3.34. The molecule has 2 heterocycles. The summed E-state index contributed by atoms with van der Waals surface area (Å²) in [6.45, 7) is 0.633. The highest BCUT2D eigenvalue weighted by Gasteiger charge is 2.26. The highest BCUT2D eigenvalue weighted by atomic mass is 19.1. The largest absolute Gasteiger partial charge is 0.380 e. The Kier molecular flexibility index (Phi) is 3.05. The van der Waals surface area contributed by atoms with Crippen molar-refractivity contribution in [3.63, 3.8) is 0 Å². The molecule has 0 amide bonds. The predicted molar refractivity (Wildman–Crippen MR) is 73.5 cm³/mol. The number of rotatable bonds is 2. The molecule has 0 unspecified atom stereocenters. The zero-order valence-electron chi connectivity index (χ0n) is 10.3. The Balaban J connectivity index is 1.83. The highest BCUT2D eigenvalue weighted by Crippen LogP contribution is 2.27. The number of aromatic nitrogens is 1. The maximum absolute atomic E-state index is 13.7. The van der Waals surface area contributed by atoms with E-state index in [0.717, 1.165) is 11.5 Å². The van der Waals surface area contributed by atoms with E-state index in [1.54, 1.807) is 24.4 Å². The number of hydrogen-bond donors (Lipinski definition) is 3. The number of nitrogens with zero attached hydrogens (tertiary/aromatic N) is 1. The van der Waals surface area contributed by atoms with Crippen molar-refractivity contribution < 1.29 is 4.39 Å². The molecule has 0 bridgehead atoms. The normalized spacial score (nSPS) is 18.9. The first kappa shape index (κ1) is 11.9. The van der Waals surface area contributed by atoms with E-state index in [0.29, 0.717) is 12.1 Å². The number of hydrogen-bond acceptors (Lipinski definition) is 4. The van der Waals surface area contributed by atoms with Crippen LogP contribution in [0.3, 0.4) is 0 Å². The fourth-order valence-corrected chi connectivity index (χ4v) is 2.29. The van der Waals surface area contributed by atoms with E-state index in [-0.39, 0.29) is 11.9 Å². The number of halogens is 1. The predicted octanol–water partition coefficient (Wildman–Crippen LogP) is 2.13. The first-order valence-electron chi connectivity index (χ1n) is 6.21. The summed E-state index contributed by atoms with van der Waals surface area (Å²) in [6.07, 6.45) is 1.71. The topological polar surface area (TPSA) is 63.0 Å². The lowest BCUT2D eigenvalue weighted by Crippen LogP contribution is -2.42. The molecule has 0 spiro atoms. The van der Waals surface area contributed by atoms with Gasteiger partial charge in [-0.25, -0.2) is 9.37 Å². The SMILES string of the molecule is N[C@H](c1ccccc1F)[C@@H]1CNc2cccnc2N1. The van der Waals surface area contributed by atoms with Crippen LogP contribution in [0.5, 0.6) is 0 Å². The van der Waals surface area contributed by atoms with Crippen LogP contribution in [0.2, 0.25) is 0 Å². The summed E-state index contributed by atoms with van der Waals surface area (Å²) in [5.74, 6) is 0.481. The van der Waals surface area contributed by atoms with E-state index in [1.165, 1.54) is 6.07 Å². The van der Waals surface area contributed by atoms with Gasteiger partial charge in [0.1, 0.15) is 11.6 Å². The lowest BCUT2D eigenvalue weighted by molar-refractivity contribution is 0.539. The third-order valence-corrected chi connectivity index (χ3v) is 3.34. The number of nitrogens with one attached hydrogen (secondary N) is 2. The van der Waals surface area contributed by atoms with Crippen molar-refractivity contribution in [2.45, 2.75) is 12.1 Å². The van der Waals surface area contributed by atoms with Crippen LogP contribution >= 0.6 is 0 Å². The van der Waals surface area contributed by atoms with E-state index >= 15 is 0 Å². The molecule has 1 aliphatic heterocycles. The smallest absolute Gasteiger partial charge is 0.149 e. The van der Waals surface area contributed by atoms with Gasteiger partial charge >= 0.3 is 0 Å². The van der Waals surface area contributed by atoms with Gasteiger partial charge in [-0.2, -0.15) is 0 Å². The Bertz CT molecular complexity index is 587. The Hall–Kier alpha value is -2.14. The molecule has 1 aliphatic rings. The Labute approximate surface area is 110 Å². The first-order valence-corrected chi connectivity index (χ1v) is 6.21. The molecule has 2 atom stereocenters. The molecule has 1 aromatic carbocycles. The van der Waals surface area contributed by atoms with Crippen molar-refractivity contribution >= 4 is 11.5 Å². The van der Waals surface area contributed by atoms with Gasteiger partial charge in [-0.05, 0) is 18.2 Å². The van der Waals surface area contributed by atoms with E-state index in [4.69, 9.17) is 5.73 Å². The lowest BCUT2D eigenvalue weighted by atomic mass is 9.98. The molecule has 4 nitrogen and oxygen atoms in total. The van der Waals surface area contributed by atoms with E-state index in [1.807, 2.05) is 12.1 Å². The lowest BCUT2D eigenvalue weighted by Gasteiger charge is -2.31. The average Bonchev–Trinajstić information content (AvgIpc) is 2.46. The second kappa shape index (κ2) is 4.85. The number of benzene rings is 1. The maximum atomic E-state index is 13.7. The summed E-state index contributed by atoms with van der Waals surface area (Å²) in [7, 11) is 0. The highest BCUT2D eigenvalue weighted by molar-refractivity contribution is 5.66. The molecule has 19 heavy (non-hydrogen) atoms. The second-order valence-electron chi connectivity index (χ2n) is 4.58. The molecule has 1 aromatic heterocycles. The summed E-state index contributed by atoms with van der Waals surface area (Å²) in [5.41, 5.74) is 7.62. The zero-order valence-corrected chi connectivity index (χ0v) is 10.3. The summed E-state index contributed by atoms with van der Waals surface area (Å²) in [5, 5.41) is 6.51. The van der Waals surface area contributed by atoms with Gasteiger partial charge in [0.15, 0.2) is 0 Å². The summed E-state index contributed by atoms with van der Waals surface area (Å²) in [4.78, 5) is 4.25. The molecule has 5 heteroatoms. The van der Waals surface area contributed by atoms with Crippen LogP contribution in [0.15, 0.2) is 42.6 Å². The van der Waals surface area contributed by atoms with E-state index in [2.05, 4.69) is 15.6 Å². The third kappa shape index (κ3) is 2.24. The molecule has 0 saturated heterocycles. The molecule has 0 radical (unpaired) electrons. The minimum atomic E-state index is -0.427. The Morgan fingerprint density at radius 2 is 2.11 bits per heavy atom. The van der Waals surface area contributed by atoms with Crippen LogP contribution in [0.25, 0.3) is 0 Å². The van der Waals surface area contributed by atoms with Crippen LogP contribution in [0.4, 0.5) is 15.9 Å². The number of nitrogens with two attached hydrogens (primary N) is 1. The van der Waals surface area contributed by atoms with E-state index in [9.17, 15) is 4.39 Å². The summed E-state index contributed by atoms with van der Waals surface area (Å²) in [6, 6.07) is 9.89. The van der Waals surface area contributed by atoms with Crippen LogP contribution < -0.4 is 16.4 Å². The Morgan fingerprint density at radius 1 is 1.26 bits per heavy atom. The van der Waals surface area contributed by atoms with Crippen molar-refractivity contribution in [2.24, 2.45) is 5.73 Å². The van der Waals surface area contributed by atoms with Gasteiger partial charge in [-0.1, -0.05) is 18.2 Å². The van der Waals surface area contributed by atoms with Crippen LogP contribution in [-0.4, -0.2) is 17.6 Å². The first-order chi connectivity index (χ1) is 9.25. The second-order valence-corrected chi connectivity index (χ2v) is 4.58. The molecule has 3 rings (SSSR count). The summed E-state index contributed by atoms with van der Waals surface area (Å²) >= 11 is 0. The van der Waals surface area contributed by atoms with Crippen molar-refractivity contribution in [1.29, 1.82) is 0 Å². The van der Waals surface area contributed by atoms with Crippen LogP contribution in [0.1, 0.15) is 11.6 Å². The maximum Gasteiger partial charge on any atom is 0.149 e. The Morgan fingerprint density at radius 3 is 2.95 bits per heavy atom. The van der Waals surface area contributed by atoms with Gasteiger partial charge in [-0.15, -0.1) is 0 Å². The molecular formula is C14H15FN4. The van der Waals surface area contributed by atoms with Gasteiger partial charge in [0, 0.05) is 18.3 Å². The molecule has 2 aromatic rings. The van der Waals surface area contributed by atoms with Gasteiger partial charge in [-0.3, -0.25) is 0 Å². The number of anilines is 2. The van der Waals surface area contributed by atoms with Gasteiger partial charge < -0.3 is 16.4 Å². The van der Waals surface area contributed by atoms with Crippen LogP contribution in [-0.2, 0) is 0 Å². The van der Waals surface area contributed by atoms with Crippen LogP contribution in [0, 0.1) is 5.82 Å². The fraction of sp³-hybridized carbons (Fsp3) is 0.214. The van der Waals surface area contributed by atoms with Crippen molar-refractivity contribution in [3.05, 3.63) is 54.0 Å². The standard InChI is InChI=1S/C14H15FN4/c15-10-5-2-1-4-9(10)13(16)12-8-18-11-6-3-7-17-14(11)19-12/h1-7,12-13,18H,8,16H2,(H,17,19)/t12-,13+/m0/s1. The summed E-state index contributed by atoms with van der Waals surface area (Å²) < 4.78 is 13.7. The average molecular weight is 258 g/mol.